The Morgan fingerprint density at radius 3 is 1.47 bits per heavy atom. The summed E-state index contributed by atoms with van der Waals surface area (Å²) in [6.07, 6.45) is 1.92. The molecule has 2 fully saturated rings. The van der Waals surface area contributed by atoms with Gasteiger partial charge in [0.05, 0.1) is 16.6 Å². The van der Waals surface area contributed by atoms with E-state index in [4.69, 9.17) is 0 Å². The van der Waals surface area contributed by atoms with Crippen molar-refractivity contribution in [3.63, 3.8) is 0 Å². The summed E-state index contributed by atoms with van der Waals surface area (Å²) in [7, 11) is 0. The molecule has 2 aliphatic carbocycles. The van der Waals surface area contributed by atoms with Gasteiger partial charge in [0, 0.05) is 12.8 Å². The highest BCUT2D eigenvalue weighted by atomic mass is 16.3. The van der Waals surface area contributed by atoms with Crippen LogP contribution < -0.4 is 0 Å². The minimum Gasteiger partial charge on any atom is -0.390 e. The summed E-state index contributed by atoms with van der Waals surface area (Å²) in [5.74, 6) is -0.288. The lowest BCUT2D eigenvalue weighted by atomic mass is 9.59. The predicted molar refractivity (Wildman–Crippen MR) is 61.4 cm³/mol. The molecule has 0 heterocycles. The van der Waals surface area contributed by atoms with Crippen LogP contribution in [0.2, 0.25) is 0 Å². The molecule has 0 bridgehead atoms. The molecule has 2 saturated carbocycles. The molecule has 0 aromatic rings. The second-order valence-corrected chi connectivity index (χ2v) is 6.28. The molecule has 2 aliphatic rings. The zero-order valence-electron chi connectivity index (χ0n) is 10.5. The van der Waals surface area contributed by atoms with Crippen LogP contribution in [0.1, 0.15) is 52.4 Å². The Bertz CT molecular complexity index is 332. The van der Waals surface area contributed by atoms with Crippen molar-refractivity contribution < 1.29 is 19.8 Å². The second kappa shape index (κ2) is 3.62. The van der Waals surface area contributed by atoms with Crippen LogP contribution in [0.15, 0.2) is 0 Å². The second-order valence-electron chi connectivity index (χ2n) is 6.28. The Hall–Kier alpha value is -0.740. The van der Waals surface area contributed by atoms with E-state index in [1.807, 2.05) is 0 Å². The van der Waals surface area contributed by atoms with Gasteiger partial charge in [-0.05, 0) is 39.5 Å². The molecule has 2 atom stereocenters. The van der Waals surface area contributed by atoms with Gasteiger partial charge in [0.25, 0.3) is 0 Å². The fourth-order valence-corrected chi connectivity index (χ4v) is 3.01. The topological polar surface area (TPSA) is 74.6 Å². The van der Waals surface area contributed by atoms with Crippen molar-refractivity contribution in [3.05, 3.63) is 0 Å². The van der Waals surface area contributed by atoms with Crippen molar-refractivity contribution >= 4 is 11.6 Å². The lowest BCUT2D eigenvalue weighted by molar-refractivity contribution is -0.158. The van der Waals surface area contributed by atoms with Crippen molar-refractivity contribution in [2.75, 3.05) is 0 Å². The Labute approximate surface area is 101 Å². The standard InChI is InChI=1S/C13H20O4/c1-11(16)3-5-13(9(14)7-11)6-4-12(2,17)8-10(13)15/h16-17H,3-8H2,1-2H3/t11-,12-,13?/m0/s1. The summed E-state index contributed by atoms with van der Waals surface area (Å²) in [6, 6.07) is 0. The largest absolute Gasteiger partial charge is 0.390 e. The molecular formula is C13H20O4. The van der Waals surface area contributed by atoms with Crippen LogP contribution in [-0.4, -0.2) is 33.0 Å². The van der Waals surface area contributed by atoms with Gasteiger partial charge in [0.2, 0.25) is 0 Å². The van der Waals surface area contributed by atoms with E-state index in [0.29, 0.717) is 25.7 Å². The van der Waals surface area contributed by atoms with E-state index < -0.39 is 16.6 Å². The minimum absolute atomic E-state index is 0.0564. The first kappa shape index (κ1) is 12.7. The van der Waals surface area contributed by atoms with E-state index in [9.17, 15) is 19.8 Å². The third-order valence-electron chi connectivity index (χ3n) is 4.33. The number of carbonyl (C=O) groups excluding carboxylic acids is 2. The van der Waals surface area contributed by atoms with Crippen LogP contribution >= 0.6 is 0 Å². The molecule has 0 radical (unpaired) electrons. The van der Waals surface area contributed by atoms with Crippen molar-refractivity contribution in [1.29, 1.82) is 0 Å². The lowest BCUT2D eigenvalue weighted by Crippen LogP contribution is -2.53. The number of Topliss-reactive ketones (excluding diaryl/α,β-unsaturated/α-hetero) is 2. The molecule has 4 nitrogen and oxygen atoms in total. The molecule has 2 rings (SSSR count). The normalized spacial score (nSPS) is 47.5. The predicted octanol–water partition coefficient (Wildman–Crippen LogP) is 0.981. The average molecular weight is 240 g/mol. The highest BCUT2D eigenvalue weighted by Gasteiger charge is 2.54. The summed E-state index contributed by atoms with van der Waals surface area (Å²) in [4.78, 5) is 24.3. The first-order valence-electron chi connectivity index (χ1n) is 6.18. The van der Waals surface area contributed by atoms with Crippen molar-refractivity contribution in [3.8, 4) is 0 Å². The fraction of sp³-hybridized carbons (Fsp3) is 0.846. The summed E-state index contributed by atoms with van der Waals surface area (Å²) >= 11 is 0. The number of rotatable bonds is 0. The van der Waals surface area contributed by atoms with Gasteiger partial charge in [-0.1, -0.05) is 0 Å². The molecule has 0 saturated heterocycles. The van der Waals surface area contributed by atoms with Gasteiger partial charge in [-0.3, -0.25) is 9.59 Å². The van der Waals surface area contributed by atoms with Crippen molar-refractivity contribution in [1.82, 2.24) is 0 Å². The number of ketones is 2. The third kappa shape index (κ3) is 2.16. The Balaban J connectivity index is 2.22. The maximum Gasteiger partial charge on any atom is 0.149 e. The average Bonchev–Trinajstić information content (AvgIpc) is 2.13. The van der Waals surface area contributed by atoms with Crippen LogP contribution in [0, 0.1) is 5.41 Å². The zero-order valence-corrected chi connectivity index (χ0v) is 10.5. The van der Waals surface area contributed by atoms with Crippen LogP contribution in [-0.2, 0) is 9.59 Å². The Morgan fingerprint density at radius 2 is 1.18 bits per heavy atom. The van der Waals surface area contributed by atoms with E-state index in [1.54, 1.807) is 13.8 Å². The van der Waals surface area contributed by atoms with Gasteiger partial charge in [-0.2, -0.15) is 0 Å². The zero-order chi connectivity index (χ0) is 12.9. The van der Waals surface area contributed by atoms with Crippen LogP contribution in [0.4, 0.5) is 0 Å². The van der Waals surface area contributed by atoms with Gasteiger partial charge < -0.3 is 10.2 Å². The molecule has 17 heavy (non-hydrogen) atoms. The van der Waals surface area contributed by atoms with Crippen LogP contribution in [0.25, 0.3) is 0 Å². The number of hydrogen-bond acceptors (Lipinski definition) is 4. The SMILES string of the molecule is C[C@]1(O)CCC2(CC[C@](C)(O)CC2=O)C(=O)C1. The van der Waals surface area contributed by atoms with Gasteiger partial charge in [0.1, 0.15) is 11.6 Å². The van der Waals surface area contributed by atoms with Gasteiger partial charge in [0.15, 0.2) is 0 Å². The molecule has 1 spiro atoms. The maximum atomic E-state index is 12.1. The molecule has 96 valence electrons. The monoisotopic (exact) mass is 240 g/mol. The van der Waals surface area contributed by atoms with E-state index in [2.05, 4.69) is 0 Å². The molecule has 0 aliphatic heterocycles. The molecule has 0 aromatic carbocycles. The van der Waals surface area contributed by atoms with Gasteiger partial charge in [-0.25, -0.2) is 0 Å². The highest BCUT2D eigenvalue weighted by molar-refractivity contribution is 6.08. The third-order valence-corrected chi connectivity index (χ3v) is 4.33. The van der Waals surface area contributed by atoms with Crippen molar-refractivity contribution in [2.45, 2.75) is 63.6 Å². The first-order chi connectivity index (χ1) is 7.67. The summed E-state index contributed by atoms with van der Waals surface area (Å²) < 4.78 is 0. The molecular weight excluding hydrogens is 220 g/mol. The van der Waals surface area contributed by atoms with E-state index >= 15 is 0 Å². The van der Waals surface area contributed by atoms with Crippen molar-refractivity contribution in [2.24, 2.45) is 5.41 Å². The molecule has 0 amide bonds. The molecule has 4 heteroatoms. The highest BCUT2D eigenvalue weighted by Crippen LogP contribution is 2.47. The van der Waals surface area contributed by atoms with E-state index in [1.165, 1.54) is 0 Å². The Morgan fingerprint density at radius 1 is 0.824 bits per heavy atom. The molecule has 0 unspecified atom stereocenters. The lowest BCUT2D eigenvalue weighted by Gasteiger charge is -2.45. The van der Waals surface area contributed by atoms with Gasteiger partial charge in [-0.15, -0.1) is 0 Å². The number of hydrogen-bond donors (Lipinski definition) is 2. The Kier molecular flexibility index (Phi) is 2.71. The van der Waals surface area contributed by atoms with E-state index in [0.717, 1.165) is 0 Å². The summed E-state index contributed by atoms with van der Waals surface area (Å²) in [5, 5.41) is 19.7. The van der Waals surface area contributed by atoms with Gasteiger partial charge >= 0.3 is 0 Å². The fourth-order valence-electron chi connectivity index (χ4n) is 3.01. The van der Waals surface area contributed by atoms with E-state index in [-0.39, 0.29) is 24.4 Å². The smallest absolute Gasteiger partial charge is 0.149 e. The number of carbonyl (C=O) groups is 2. The summed E-state index contributed by atoms with van der Waals surface area (Å²) in [5.41, 5.74) is -2.85. The molecule has 0 aromatic heterocycles. The minimum atomic E-state index is -0.970. The number of aliphatic hydroxyl groups is 2. The summed E-state index contributed by atoms with van der Waals surface area (Å²) in [6.45, 7) is 3.28. The maximum absolute atomic E-state index is 12.1. The quantitative estimate of drug-likeness (QED) is 0.619. The first-order valence-corrected chi connectivity index (χ1v) is 6.18. The van der Waals surface area contributed by atoms with Crippen LogP contribution in [0.3, 0.4) is 0 Å². The van der Waals surface area contributed by atoms with Crippen LogP contribution in [0.5, 0.6) is 0 Å². The molecule has 2 N–H and O–H groups in total.